The summed E-state index contributed by atoms with van der Waals surface area (Å²) in [7, 11) is 0. The first-order chi connectivity index (χ1) is 14.1. The molecular weight excluding hydrogens is 374 g/mol. The summed E-state index contributed by atoms with van der Waals surface area (Å²) in [5.41, 5.74) is 0.707. The van der Waals surface area contributed by atoms with E-state index in [1.165, 1.54) is 6.07 Å². The molecule has 0 spiro atoms. The number of rotatable bonds is 5. The number of hydrogen-bond donors (Lipinski definition) is 2. The molecule has 2 aromatic rings. The Kier molecular flexibility index (Phi) is 5.86. The fourth-order valence-corrected chi connectivity index (χ4v) is 4.10. The molecule has 0 radical (unpaired) electrons. The summed E-state index contributed by atoms with van der Waals surface area (Å²) >= 11 is 0. The van der Waals surface area contributed by atoms with Gasteiger partial charge in [-0.3, -0.25) is 24.5 Å². The van der Waals surface area contributed by atoms with Crippen molar-refractivity contribution in [3.63, 3.8) is 0 Å². The van der Waals surface area contributed by atoms with E-state index in [-0.39, 0.29) is 17.9 Å². The number of amides is 1. The molecule has 2 aliphatic rings. The van der Waals surface area contributed by atoms with Gasteiger partial charge < -0.3 is 14.6 Å². The molecule has 2 atom stereocenters. The summed E-state index contributed by atoms with van der Waals surface area (Å²) in [6.45, 7) is 3.56. The van der Waals surface area contributed by atoms with E-state index in [1.54, 1.807) is 12.4 Å². The van der Waals surface area contributed by atoms with E-state index in [9.17, 15) is 14.4 Å². The van der Waals surface area contributed by atoms with Crippen LogP contribution in [0.25, 0.3) is 0 Å². The van der Waals surface area contributed by atoms with Crippen LogP contribution in [-0.2, 0) is 22.5 Å². The number of fused-ring (bicyclic) bond motifs is 3. The number of ether oxygens (including phenoxy) is 1. The van der Waals surface area contributed by atoms with E-state index in [4.69, 9.17) is 4.74 Å². The van der Waals surface area contributed by atoms with Crippen LogP contribution in [0.1, 0.15) is 17.7 Å². The van der Waals surface area contributed by atoms with Gasteiger partial charge >= 0.3 is 5.69 Å². The average Bonchev–Trinajstić information content (AvgIpc) is 2.96. The first-order valence-electron chi connectivity index (χ1n) is 9.88. The molecule has 0 unspecified atom stereocenters. The van der Waals surface area contributed by atoms with Crippen molar-refractivity contribution in [1.82, 2.24) is 24.8 Å². The second-order valence-electron chi connectivity index (χ2n) is 7.76. The van der Waals surface area contributed by atoms with Gasteiger partial charge in [0.05, 0.1) is 19.3 Å². The molecule has 29 heavy (non-hydrogen) atoms. The molecule has 0 aliphatic carbocycles. The highest BCUT2D eigenvalue weighted by atomic mass is 16.5. The van der Waals surface area contributed by atoms with Crippen molar-refractivity contribution >= 4 is 5.91 Å². The van der Waals surface area contributed by atoms with Crippen LogP contribution in [0, 0.1) is 5.92 Å². The zero-order valence-electron chi connectivity index (χ0n) is 16.2. The maximum absolute atomic E-state index is 12.9. The Morgan fingerprint density at radius 2 is 2.10 bits per heavy atom. The number of pyridine rings is 1. The Hall–Kier alpha value is -2.78. The zero-order valence-corrected chi connectivity index (χ0v) is 16.2. The van der Waals surface area contributed by atoms with Crippen molar-refractivity contribution in [2.45, 2.75) is 25.4 Å². The van der Waals surface area contributed by atoms with Gasteiger partial charge in [0.2, 0.25) is 5.91 Å². The molecular formula is C20H25N5O4. The Morgan fingerprint density at radius 1 is 1.21 bits per heavy atom. The molecule has 4 heterocycles. The lowest BCUT2D eigenvalue weighted by molar-refractivity contribution is -0.133. The van der Waals surface area contributed by atoms with Crippen molar-refractivity contribution in [3.05, 3.63) is 62.7 Å². The largest absolute Gasteiger partial charge is 0.379 e. The van der Waals surface area contributed by atoms with Crippen LogP contribution in [0.3, 0.4) is 0 Å². The monoisotopic (exact) mass is 399 g/mol. The molecule has 0 aromatic carbocycles. The highest BCUT2D eigenvalue weighted by Gasteiger charge is 2.35. The Balaban J connectivity index is 1.44. The molecule has 1 amide bonds. The Bertz CT molecular complexity index is 929. The van der Waals surface area contributed by atoms with Crippen LogP contribution in [-0.4, -0.2) is 69.5 Å². The predicted octanol–water partition coefficient (Wildman–Crippen LogP) is -0.250. The lowest BCUT2D eigenvalue weighted by atomic mass is 10.1. The number of nitrogens with one attached hydrogen (secondary N) is 2. The number of carbonyl (C=O) groups excluding carboxylic acids is 1. The van der Waals surface area contributed by atoms with Gasteiger partial charge in [-0.25, -0.2) is 4.79 Å². The second kappa shape index (κ2) is 8.71. The quantitative estimate of drug-likeness (QED) is 0.717. The van der Waals surface area contributed by atoms with Gasteiger partial charge in [-0.1, -0.05) is 6.07 Å². The van der Waals surface area contributed by atoms with Crippen molar-refractivity contribution in [2.24, 2.45) is 5.92 Å². The summed E-state index contributed by atoms with van der Waals surface area (Å²) in [6.07, 6.45) is 4.65. The van der Waals surface area contributed by atoms with Crippen molar-refractivity contribution in [2.75, 3.05) is 32.8 Å². The van der Waals surface area contributed by atoms with E-state index in [2.05, 4.69) is 19.9 Å². The predicted molar refractivity (Wildman–Crippen MR) is 105 cm³/mol. The van der Waals surface area contributed by atoms with E-state index in [0.717, 1.165) is 12.1 Å². The van der Waals surface area contributed by atoms with Crippen molar-refractivity contribution in [1.29, 1.82) is 0 Å². The van der Waals surface area contributed by atoms with Crippen LogP contribution in [0.2, 0.25) is 0 Å². The minimum atomic E-state index is -0.506. The molecule has 9 nitrogen and oxygen atoms in total. The standard InChI is InChI=1S/C20H25N5O4/c26-18-6-16(22-20(28)23-18)10-24-8-15-9-25(11-17(24)13-29-12-15)19(27)4-3-14-2-1-5-21-7-14/h1-2,5-7,15,17H,3-4,8-13H2,(H2,22,23,26,28)/t15-,17+/m1/s1. The molecule has 4 rings (SSSR count). The highest BCUT2D eigenvalue weighted by Crippen LogP contribution is 2.22. The lowest BCUT2D eigenvalue weighted by Crippen LogP contribution is -2.46. The van der Waals surface area contributed by atoms with Crippen LogP contribution < -0.4 is 11.2 Å². The van der Waals surface area contributed by atoms with Crippen LogP contribution in [0.15, 0.2) is 40.2 Å². The minimum absolute atomic E-state index is 0.0210. The normalized spacial score (nSPS) is 22.3. The summed E-state index contributed by atoms with van der Waals surface area (Å²) in [6, 6.07) is 5.29. The smallest absolute Gasteiger partial charge is 0.325 e. The van der Waals surface area contributed by atoms with Gasteiger partial charge in [0, 0.05) is 62.7 Å². The number of H-pyrrole nitrogens is 2. The molecule has 2 aliphatic heterocycles. The molecule has 2 bridgehead atoms. The summed E-state index contributed by atoms with van der Waals surface area (Å²) in [5.74, 6) is 0.329. The molecule has 2 fully saturated rings. The number of carbonyl (C=O) groups is 1. The SMILES string of the molecule is O=C(CCc1cccnc1)N1C[C@@H]2COC[C@H](C1)N(Cc1cc(=O)[nH]c(=O)[nH]1)C2. The third-order valence-electron chi connectivity index (χ3n) is 5.48. The summed E-state index contributed by atoms with van der Waals surface area (Å²) in [4.78, 5) is 49.2. The number of aromatic nitrogens is 3. The Morgan fingerprint density at radius 3 is 2.90 bits per heavy atom. The number of hydrogen-bond acceptors (Lipinski definition) is 6. The first kappa shape index (κ1) is 19.5. The van der Waals surface area contributed by atoms with E-state index in [1.807, 2.05) is 17.0 Å². The lowest BCUT2D eigenvalue weighted by Gasteiger charge is -2.31. The number of aromatic amines is 2. The maximum atomic E-state index is 12.9. The molecule has 9 heteroatoms. The fourth-order valence-electron chi connectivity index (χ4n) is 4.10. The van der Waals surface area contributed by atoms with Crippen molar-refractivity contribution in [3.8, 4) is 0 Å². The summed E-state index contributed by atoms with van der Waals surface area (Å²) in [5, 5.41) is 0. The fraction of sp³-hybridized carbons (Fsp3) is 0.500. The summed E-state index contributed by atoms with van der Waals surface area (Å²) < 4.78 is 5.81. The van der Waals surface area contributed by atoms with Gasteiger partial charge in [-0.05, 0) is 18.1 Å². The van der Waals surface area contributed by atoms with Gasteiger partial charge in [0.25, 0.3) is 5.56 Å². The molecule has 2 N–H and O–H groups in total. The van der Waals surface area contributed by atoms with Crippen LogP contribution >= 0.6 is 0 Å². The minimum Gasteiger partial charge on any atom is -0.379 e. The van der Waals surface area contributed by atoms with Gasteiger partial charge in [-0.2, -0.15) is 0 Å². The topological polar surface area (TPSA) is 111 Å². The zero-order chi connectivity index (χ0) is 20.2. The van der Waals surface area contributed by atoms with Crippen molar-refractivity contribution < 1.29 is 9.53 Å². The number of aryl methyl sites for hydroxylation is 1. The molecule has 2 aromatic heterocycles. The van der Waals surface area contributed by atoms with Crippen LogP contribution in [0.5, 0.6) is 0 Å². The third kappa shape index (κ3) is 4.99. The second-order valence-corrected chi connectivity index (χ2v) is 7.76. The van der Waals surface area contributed by atoms with Crippen LogP contribution in [0.4, 0.5) is 0 Å². The van der Waals surface area contributed by atoms with Gasteiger partial charge in [-0.15, -0.1) is 0 Å². The van der Waals surface area contributed by atoms with E-state index in [0.29, 0.717) is 51.4 Å². The highest BCUT2D eigenvalue weighted by molar-refractivity contribution is 5.76. The number of nitrogens with zero attached hydrogens (tertiary/aromatic N) is 3. The van der Waals surface area contributed by atoms with E-state index < -0.39 is 11.2 Å². The van der Waals surface area contributed by atoms with Gasteiger partial charge in [0.15, 0.2) is 0 Å². The first-order valence-corrected chi connectivity index (χ1v) is 9.88. The van der Waals surface area contributed by atoms with Gasteiger partial charge in [0.1, 0.15) is 0 Å². The van der Waals surface area contributed by atoms with E-state index >= 15 is 0 Å². The average molecular weight is 399 g/mol. The maximum Gasteiger partial charge on any atom is 0.325 e. The Labute approximate surface area is 167 Å². The molecule has 2 saturated heterocycles. The third-order valence-corrected chi connectivity index (χ3v) is 5.48. The molecule has 0 saturated carbocycles. The molecule has 154 valence electrons.